The molecule has 0 aliphatic carbocycles. The van der Waals surface area contributed by atoms with E-state index < -0.39 is 4.92 Å². The van der Waals surface area contributed by atoms with Crippen LogP contribution in [0.2, 0.25) is 0 Å². The van der Waals surface area contributed by atoms with Crippen LogP contribution < -0.4 is 4.90 Å². The first-order valence-corrected chi connectivity index (χ1v) is 6.84. The Balaban J connectivity index is 1.96. The summed E-state index contributed by atoms with van der Waals surface area (Å²) in [5.41, 5.74) is 1.81. The molecule has 6 nitrogen and oxygen atoms in total. The second-order valence-corrected chi connectivity index (χ2v) is 5.18. The Morgan fingerprint density at radius 3 is 2.70 bits per heavy atom. The van der Waals surface area contributed by atoms with Crippen LogP contribution in [0.1, 0.15) is 24.8 Å². The third kappa shape index (κ3) is 2.27. The number of nitrogens with zero attached hydrogens (tertiary/aromatic N) is 2. The molecule has 0 N–H and O–H groups in total. The van der Waals surface area contributed by atoms with E-state index in [2.05, 4.69) is 0 Å². The maximum absolute atomic E-state index is 12.2. The summed E-state index contributed by atoms with van der Waals surface area (Å²) in [5.74, 6) is 0.109. The number of hydrogen-bond acceptors (Lipinski definition) is 4. The van der Waals surface area contributed by atoms with Crippen LogP contribution in [0, 0.1) is 10.1 Å². The lowest BCUT2D eigenvalue weighted by atomic mass is 9.96. The van der Waals surface area contributed by atoms with Gasteiger partial charge in [-0.1, -0.05) is 0 Å². The number of nitro benzene ring substituents is 1. The number of hydrogen-bond donors (Lipinski definition) is 0. The summed E-state index contributed by atoms with van der Waals surface area (Å²) in [7, 11) is 0. The van der Waals surface area contributed by atoms with Crippen molar-refractivity contribution in [2.24, 2.45) is 0 Å². The number of carbonyl (C=O) groups excluding carboxylic acids is 1. The molecule has 0 spiro atoms. The predicted octanol–water partition coefficient (Wildman–Crippen LogP) is 2.05. The first kappa shape index (κ1) is 13.1. The van der Waals surface area contributed by atoms with Crippen molar-refractivity contribution in [2.45, 2.75) is 31.7 Å². The average Bonchev–Trinajstić information content (AvgIpc) is 2.47. The van der Waals surface area contributed by atoms with Gasteiger partial charge in [0.25, 0.3) is 5.69 Å². The Labute approximate surface area is 116 Å². The number of aryl methyl sites for hydroxylation is 1. The molecule has 6 heteroatoms. The molecule has 0 unspecified atom stereocenters. The van der Waals surface area contributed by atoms with Gasteiger partial charge in [-0.2, -0.15) is 0 Å². The topological polar surface area (TPSA) is 72.7 Å². The average molecular weight is 276 g/mol. The van der Waals surface area contributed by atoms with Gasteiger partial charge in [0, 0.05) is 43.5 Å². The number of non-ortho nitro benzene ring substituents is 1. The molecule has 106 valence electrons. The van der Waals surface area contributed by atoms with Crippen LogP contribution >= 0.6 is 0 Å². The normalized spacial score (nSPS) is 19.8. The molecule has 1 amide bonds. The van der Waals surface area contributed by atoms with Crippen molar-refractivity contribution < 1.29 is 14.5 Å². The molecule has 0 saturated carbocycles. The second-order valence-electron chi connectivity index (χ2n) is 5.18. The second kappa shape index (κ2) is 5.20. The number of ether oxygens (including phenoxy) is 1. The number of nitro groups is 1. The van der Waals surface area contributed by atoms with Gasteiger partial charge in [-0.3, -0.25) is 14.9 Å². The summed E-state index contributed by atoms with van der Waals surface area (Å²) in [5, 5.41) is 10.8. The third-order valence-corrected chi connectivity index (χ3v) is 3.97. The number of anilines is 1. The molecule has 0 atom stereocenters. The number of fused-ring (bicyclic) bond motifs is 1. The zero-order valence-corrected chi connectivity index (χ0v) is 11.1. The van der Waals surface area contributed by atoms with E-state index in [0.29, 0.717) is 26.1 Å². The van der Waals surface area contributed by atoms with Gasteiger partial charge >= 0.3 is 0 Å². The number of carbonyl (C=O) groups is 1. The summed E-state index contributed by atoms with van der Waals surface area (Å²) in [4.78, 5) is 24.5. The maximum Gasteiger partial charge on any atom is 0.269 e. The van der Waals surface area contributed by atoms with Crippen LogP contribution in [0.25, 0.3) is 0 Å². The molecular formula is C14H16N2O4. The summed E-state index contributed by atoms with van der Waals surface area (Å²) in [6.07, 6.45) is 2.64. The van der Waals surface area contributed by atoms with E-state index in [9.17, 15) is 14.9 Å². The van der Waals surface area contributed by atoms with Crippen LogP contribution in [0.5, 0.6) is 0 Å². The lowest BCUT2D eigenvalue weighted by molar-refractivity contribution is -0.384. The van der Waals surface area contributed by atoms with Crippen molar-refractivity contribution in [3.05, 3.63) is 33.9 Å². The first-order valence-electron chi connectivity index (χ1n) is 6.84. The molecule has 20 heavy (non-hydrogen) atoms. The lowest BCUT2D eigenvalue weighted by Gasteiger charge is -2.37. The smallest absolute Gasteiger partial charge is 0.269 e. The Morgan fingerprint density at radius 1 is 1.25 bits per heavy atom. The van der Waals surface area contributed by atoms with Crippen molar-refractivity contribution in [1.29, 1.82) is 0 Å². The fourth-order valence-corrected chi connectivity index (χ4v) is 2.96. The van der Waals surface area contributed by atoms with Crippen LogP contribution in [-0.4, -0.2) is 30.1 Å². The van der Waals surface area contributed by atoms with Gasteiger partial charge in [-0.15, -0.1) is 0 Å². The third-order valence-electron chi connectivity index (χ3n) is 3.97. The van der Waals surface area contributed by atoms with Crippen LogP contribution in [0.3, 0.4) is 0 Å². The monoisotopic (exact) mass is 276 g/mol. The number of benzene rings is 1. The molecule has 1 aromatic rings. The van der Waals surface area contributed by atoms with E-state index in [1.165, 1.54) is 6.07 Å². The molecule has 2 aliphatic heterocycles. The van der Waals surface area contributed by atoms with Gasteiger partial charge in [-0.05, 0) is 30.9 Å². The van der Waals surface area contributed by atoms with Gasteiger partial charge in [-0.25, -0.2) is 0 Å². The van der Waals surface area contributed by atoms with E-state index in [-0.39, 0.29) is 17.6 Å². The van der Waals surface area contributed by atoms with Crippen molar-refractivity contribution in [3.8, 4) is 0 Å². The number of amides is 1. The van der Waals surface area contributed by atoms with Gasteiger partial charge in [0.05, 0.1) is 4.92 Å². The molecule has 2 aliphatic rings. The van der Waals surface area contributed by atoms with Gasteiger partial charge in [0.15, 0.2) is 0 Å². The minimum Gasteiger partial charge on any atom is -0.381 e. The highest BCUT2D eigenvalue weighted by molar-refractivity contribution is 5.97. The molecule has 0 bridgehead atoms. The summed E-state index contributed by atoms with van der Waals surface area (Å²) in [6, 6.07) is 4.93. The summed E-state index contributed by atoms with van der Waals surface area (Å²) < 4.78 is 5.34. The van der Waals surface area contributed by atoms with Crippen molar-refractivity contribution in [3.63, 3.8) is 0 Å². The SMILES string of the molecule is O=C1CCc2cc([N+](=O)[O-])ccc2N1C1CCOCC1. The van der Waals surface area contributed by atoms with E-state index in [4.69, 9.17) is 4.74 Å². The molecule has 0 aromatic heterocycles. The Morgan fingerprint density at radius 2 is 2.00 bits per heavy atom. The zero-order valence-electron chi connectivity index (χ0n) is 11.1. The highest BCUT2D eigenvalue weighted by Crippen LogP contribution is 2.34. The molecule has 1 fully saturated rings. The molecule has 0 radical (unpaired) electrons. The summed E-state index contributed by atoms with van der Waals surface area (Å²) >= 11 is 0. The van der Waals surface area contributed by atoms with Crippen molar-refractivity contribution in [2.75, 3.05) is 18.1 Å². The quantitative estimate of drug-likeness (QED) is 0.612. The summed E-state index contributed by atoms with van der Waals surface area (Å²) in [6.45, 7) is 1.33. The minimum absolute atomic E-state index is 0.0880. The molecule has 1 saturated heterocycles. The highest BCUT2D eigenvalue weighted by Gasteiger charge is 2.32. The van der Waals surface area contributed by atoms with Gasteiger partial charge in [0.1, 0.15) is 0 Å². The molecule has 2 heterocycles. The predicted molar refractivity (Wildman–Crippen MR) is 72.7 cm³/mol. The molecular weight excluding hydrogens is 260 g/mol. The van der Waals surface area contributed by atoms with Crippen LogP contribution in [0.4, 0.5) is 11.4 Å². The van der Waals surface area contributed by atoms with E-state index >= 15 is 0 Å². The standard InChI is InChI=1S/C14H16N2O4/c17-14-4-1-10-9-12(16(18)19)2-3-13(10)15(14)11-5-7-20-8-6-11/h2-3,9,11H,1,4-8H2. The fraction of sp³-hybridized carbons (Fsp3) is 0.500. The van der Waals surface area contributed by atoms with E-state index in [1.807, 2.05) is 4.90 Å². The van der Waals surface area contributed by atoms with Gasteiger partial charge < -0.3 is 9.64 Å². The van der Waals surface area contributed by atoms with Crippen molar-refractivity contribution >= 4 is 17.3 Å². The first-order chi connectivity index (χ1) is 9.66. The van der Waals surface area contributed by atoms with E-state index in [1.54, 1.807) is 12.1 Å². The number of rotatable bonds is 2. The highest BCUT2D eigenvalue weighted by atomic mass is 16.6. The van der Waals surface area contributed by atoms with E-state index in [0.717, 1.165) is 24.1 Å². The largest absolute Gasteiger partial charge is 0.381 e. The van der Waals surface area contributed by atoms with Gasteiger partial charge in [0.2, 0.25) is 5.91 Å². The Bertz CT molecular complexity index is 552. The zero-order chi connectivity index (χ0) is 14.1. The Hall–Kier alpha value is -1.95. The van der Waals surface area contributed by atoms with Crippen molar-refractivity contribution in [1.82, 2.24) is 0 Å². The fourth-order valence-electron chi connectivity index (χ4n) is 2.96. The minimum atomic E-state index is -0.393. The lowest BCUT2D eigenvalue weighted by Crippen LogP contribution is -2.45. The Kier molecular flexibility index (Phi) is 3.40. The molecule has 1 aromatic carbocycles. The van der Waals surface area contributed by atoms with Crippen LogP contribution in [-0.2, 0) is 16.0 Å². The van der Waals surface area contributed by atoms with Crippen LogP contribution in [0.15, 0.2) is 18.2 Å². The maximum atomic E-state index is 12.2. The molecule has 3 rings (SSSR count).